The molecule has 7 heteroatoms. The second-order valence-electron chi connectivity index (χ2n) is 8.37. The molecule has 1 amide bonds. The van der Waals surface area contributed by atoms with Gasteiger partial charge in [-0.3, -0.25) is 4.79 Å². The third-order valence-electron chi connectivity index (χ3n) is 6.32. The summed E-state index contributed by atoms with van der Waals surface area (Å²) in [5, 5.41) is 7.76. The van der Waals surface area contributed by atoms with Crippen LogP contribution in [0.25, 0.3) is 17.0 Å². The highest BCUT2D eigenvalue weighted by molar-refractivity contribution is 5.92. The molecule has 5 rings (SSSR count). The lowest BCUT2D eigenvalue weighted by molar-refractivity contribution is -0.122. The van der Waals surface area contributed by atoms with E-state index in [2.05, 4.69) is 10.3 Å². The number of aromatic nitrogens is 4. The molecule has 1 fully saturated rings. The number of fused-ring (bicyclic) bond motifs is 2. The first kappa shape index (κ1) is 19.2. The van der Waals surface area contributed by atoms with E-state index in [-0.39, 0.29) is 17.9 Å². The Bertz CT molecular complexity index is 1020. The molecule has 2 heterocycles. The van der Waals surface area contributed by atoms with E-state index in [0.29, 0.717) is 5.78 Å². The first-order chi connectivity index (χ1) is 14.7. The number of nitrogens with one attached hydrogen (secondary N) is 1. The third kappa shape index (κ3) is 3.81. The van der Waals surface area contributed by atoms with Gasteiger partial charge in [0.05, 0.1) is 29.4 Å². The number of hydrogen-bond acceptors (Lipinski definition) is 5. The molecule has 0 saturated heterocycles. The van der Waals surface area contributed by atoms with Crippen molar-refractivity contribution in [2.75, 3.05) is 12.4 Å². The summed E-state index contributed by atoms with van der Waals surface area (Å²) < 4.78 is 7.23. The van der Waals surface area contributed by atoms with Gasteiger partial charge in [-0.2, -0.15) is 5.10 Å². The Hall–Kier alpha value is -2.80. The van der Waals surface area contributed by atoms with Crippen LogP contribution in [0.15, 0.2) is 30.5 Å². The zero-order chi connectivity index (χ0) is 20.5. The fourth-order valence-corrected chi connectivity index (χ4v) is 4.57. The zero-order valence-electron chi connectivity index (χ0n) is 17.3. The number of amides is 1. The van der Waals surface area contributed by atoms with E-state index in [1.165, 1.54) is 12.8 Å². The van der Waals surface area contributed by atoms with Crippen LogP contribution in [0.4, 0.5) is 5.69 Å². The van der Waals surface area contributed by atoms with Crippen LogP contribution in [0.5, 0.6) is 0 Å². The van der Waals surface area contributed by atoms with E-state index in [1.54, 1.807) is 11.6 Å². The lowest BCUT2D eigenvalue weighted by atomic mass is 9.86. The summed E-state index contributed by atoms with van der Waals surface area (Å²) in [6.07, 6.45) is 10.3. The first-order valence-electron chi connectivity index (χ1n) is 10.9. The normalized spacial score (nSPS) is 21.4. The molecule has 0 bridgehead atoms. The van der Waals surface area contributed by atoms with Gasteiger partial charge in [0.2, 0.25) is 5.91 Å². The molecule has 0 radical (unpaired) electrons. The number of nitrogens with zero attached hydrogens (tertiary/aromatic N) is 4. The number of ether oxygens (including phenoxy) is 1. The maximum Gasteiger partial charge on any atom is 0.251 e. The topological polar surface area (TPSA) is 81.4 Å². The van der Waals surface area contributed by atoms with Crippen LogP contribution in [0, 0.1) is 5.92 Å². The van der Waals surface area contributed by atoms with Crippen LogP contribution in [-0.4, -0.2) is 38.7 Å². The number of benzene rings is 1. The molecular weight excluding hydrogens is 378 g/mol. The molecule has 1 aromatic carbocycles. The predicted octanol–water partition coefficient (Wildman–Crippen LogP) is 3.81. The quantitative estimate of drug-likeness (QED) is 0.714. The molecule has 1 saturated carbocycles. The minimum atomic E-state index is 0.0185. The average Bonchev–Trinajstić information content (AvgIpc) is 3.20. The Morgan fingerprint density at radius 2 is 1.87 bits per heavy atom. The molecular formula is C23H27N5O2. The number of imidazole rings is 1. The molecule has 2 aliphatic rings. The summed E-state index contributed by atoms with van der Waals surface area (Å²) in [5.74, 6) is 0.745. The van der Waals surface area contributed by atoms with Crippen LogP contribution in [0.1, 0.15) is 49.9 Å². The molecule has 7 nitrogen and oxygen atoms in total. The monoisotopic (exact) mass is 405 g/mol. The Morgan fingerprint density at radius 1 is 1.07 bits per heavy atom. The standard InChI is InChI=1S/C23H27N5O2/c1-30-18-6-4-5-16(13-18)22(29)24-17-11-9-15(10-12-17)21-14-28-23(26-21)25-19-7-2-3-8-20(19)27-28/h9-12,14,16,18H,2-8,13H2,1H3,(H,24,29)/t16-,18-/m0/s1. The summed E-state index contributed by atoms with van der Waals surface area (Å²) in [6, 6.07) is 7.83. The van der Waals surface area contributed by atoms with Crippen molar-refractivity contribution < 1.29 is 9.53 Å². The Morgan fingerprint density at radius 3 is 2.67 bits per heavy atom. The SMILES string of the molecule is CO[C@H]1CCC[C@H](C(=O)Nc2ccc(-c3cn4nc5c(nc4n3)CCCC5)cc2)C1. The van der Waals surface area contributed by atoms with Crippen LogP contribution in [0.2, 0.25) is 0 Å². The van der Waals surface area contributed by atoms with Crippen molar-refractivity contribution in [1.29, 1.82) is 0 Å². The summed E-state index contributed by atoms with van der Waals surface area (Å²) in [6.45, 7) is 0. The molecule has 1 N–H and O–H groups in total. The molecule has 0 aliphatic heterocycles. The van der Waals surface area contributed by atoms with Gasteiger partial charge in [0.15, 0.2) is 0 Å². The average molecular weight is 406 g/mol. The summed E-state index contributed by atoms with van der Waals surface area (Å²) in [7, 11) is 1.73. The molecule has 2 aromatic heterocycles. The fraction of sp³-hybridized carbons (Fsp3) is 0.478. The van der Waals surface area contributed by atoms with E-state index < -0.39 is 0 Å². The summed E-state index contributed by atoms with van der Waals surface area (Å²) in [5.41, 5.74) is 4.80. The smallest absolute Gasteiger partial charge is 0.251 e. The zero-order valence-corrected chi connectivity index (χ0v) is 17.3. The largest absolute Gasteiger partial charge is 0.381 e. The first-order valence-corrected chi connectivity index (χ1v) is 10.9. The number of hydrogen-bond donors (Lipinski definition) is 1. The fourth-order valence-electron chi connectivity index (χ4n) is 4.57. The second kappa shape index (κ2) is 8.14. The van der Waals surface area contributed by atoms with E-state index in [1.807, 2.05) is 30.5 Å². The maximum absolute atomic E-state index is 12.6. The highest BCUT2D eigenvalue weighted by atomic mass is 16.5. The third-order valence-corrected chi connectivity index (χ3v) is 6.32. The minimum Gasteiger partial charge on any atom is -0.381 e. The van der Waals surface area contributed by atoms with Crippen LogP contribution in [-0.2, 0) is 22.4 Å². The van der Waals surface area contributed by atoms with Crippen molar-refractivity contribution in [2.45, 2.75) is 57.5 Å². The van der Waals surface area contributed by atoms with Crippen molar-refractivity contribution in [2.24, 2.45) is 5.92 Å². The van der Waals surface area contributed by atoms with E-state index in [0.717, 1.165) is 66.9 Å². The van der Waals surface area contributed by atoms with Gasteiger partial charge in [0.25, 0.3) is 5.78 Å². The Labute approximate surface area is 175 Å². The Kier molecular flexibility index (Phi) is 5.21. The molecule has 2 atom stereocenters. The molecule has 0 spiro atoms. The van der Waals surface area contributed by atoms with E-state index in [4.69, 9.17) is 14.8 Å². The molecule has 2 aliphatic carbocycles. The number of anilines is 1. The van der Waals surface area contributed by atoms with Crippen LogP contribution >= 0.6 is 0 Å². The number of carbonyl (C=O) groups excluding carboxylic acids is 1. The van der Waals surface area contributed by atoms with Gasteiger partial charge in [-0.1, -0.05) is 18.6 Å². The predicted molar refractivity (Wildman–Crippen MR) is 114 cm³/mol. The minimum absolute atomic E-state index is 0.0185. The van der Waals surface area contributed by atoms with Crippen molar-refractivity contribution in [1.82, 2.24) is 19.6 Å². The second-order valence-corrected chi connectivity index (χ2v) is 8.37. The van der Waals surface area contributed by atoms with Crippen molar-refractivity contribution in [3.8, 4) is 11.3 Å². The number of carbonyl (C=O) groups is 1. The van der Waals surface area contributed by atoms with Gasteiger partial charge in [-0.25, -0.2) is 14.5 Å². The van der Waals surface area contributed by atoms with Crippen molar-refractivity contribution in [3.05, 3.63) is 41.9 Å². The lowest BCUT2D eigenvalue weighted by Gasteiger charge is -2.27. The maximum atomic E-state index is 12.6. The molecule has 30 heavy (non-hydrogen) atoms. The number of methoxy groups -OCH3 is 1. The molecule has 0 unspecified atom stereocenters. The van der Waals surface area contributed by atoms with Gasteiger partial charge in [-0.05, 0) is 57.1 Å². The van der Waals surface area contributed by atoms with Gasteiger partial charge >= 0.3 is 0 Å². The van der Waals surface area contributed by atoms with Crippen LogP contribution in [0.3, 0.4) is 0 Å². The number of aryl methyl sites for hydroxylation is 2. The summed E-state index contributed by atoms with van der Waals surface area (Å²) in [4.78, 5) is 22.0. The van der Waals surface area contributed by atoms with Gasteiger partial charge in [0, 0.05) is 24.3 Å². The highest BCUT2D eigenvalue weighted by Gasteiger charge is 2.27. The van der Waals surface area contributed by atoms with Crippen molar-refractivity contribution >= 4 is 17.4 Å². The van der Waals surface area contributed by atoms with E-state index >= 15 is 0 Å². The van der Waals surface area contributed by atoms with Crippen molar-refractivity contribution in [3.63, 3.8) is 0 Å². The summed E-state index contributed by atoms with van der Waals surface area (Å²) >= 11 is 0. The lowest BCUT2D eigenvalue weighted by Crippen LogP contribution is -2.30. The van der Waals surface area contributed by atoms with Gasteiger partial charge in [-0.15, -0.1) is 0 Å². The Balaban J connectivity index is 1.30. The molecule has 3 aromatic rings. The van der Waals surface area contributed by atoms with Gasteiger partial charge in [0.1, 0.15) is 0 Å². The van der Waals surface area contributed by atoms with Crippen LogP contribution < -0.4 is 5.32 Å². The van der Waals surface area contributed by atoms with Gasteiger partial charge < -0.3 is 10.1 Å². The highest BCUT2D eigenvalue weighted by Crippen LogP contribution is 2.28. The number of rotatable bonds is 4. The molecule has 156 valence electrons. The van der Waals surface area contributed by atoms with E-state index in [9.17, 15) is 4.79 Å².